The molecule has 0 bridgehead atoms. The van der Waals surface area contributed by atoms with Crippen LogP contribution in [0.1, 0.15) is 0 Å². The van der Waals surface area contributed by atoms with Crippen LogP contribution in [-0.2, 0) is 14.4 Å². The molecule has 0 aromatic heterocycles. The monoisotopic (exact) mass is 225 g/mol. The molecule has 0 aromatic rings. The summed E-state index contributed by atoms with van der Waals surface area (Å²) in [6.07, 6.45) is 0. The Labute approximate surface area is 85.3 Å². The van der Waals surface area contributed by atoms with Crippen LogP contribution in [0.3, 0.4) is 0 Å². The predicted molar refractivity (Wildman–Crippen MR) is 48.4 cm³/mol. The maximum Gasteiger partial charge on any atom is 0.321 e. The molecule has 1 amide bonds. The Bertz CT molecular complexity index is 213. The third-order valence-corrected chi connectivity index (χ3v) is 1.59. The van der Waals surface area contributed by atoms with Gasteiger partial charge in [0.2, 0.25) is 0 Å². The summed E-state index contributed by atoms with van der Waals surface area (Å²) in [4.78, 5) is 24.4. The fraction of sp³-hybridized carbons (Fsp3) is 0.667. The number of rotatable bonds is 2. The molecular weight excluding hydrogens is 214 g/mol. The number of carbonyl (C=O) groups excluding carboxylic acids is 1. The second kappa shape index (κ2) is 6.55. The molecule has 8 heteroatoms. The van der Waals surface area contributed by atoms with Crippen LogP contribution in [0.2, 0.25) is 0 Å². The van der Waals surface area contributed by atoms with E-state index in [1.165, 1.54) is 0 Å². The summed E-state index contributed by atoms with van der Waals surface area (Å²) in [5.74, 6) is -1.33. The van der Waals surface area contributed by atoms with Gasteiger partial charge in [-0.2, -0.15) is 0 Å². The number of hydrogen-bond donors (Lipinski definition) is 4. The van der Waals surface area contributed by atoms with Crippen molar-refractivity contribution in [2.75, 3.05) is 12.5 Å². The Hall–Kier alpha value is -0.890. The third kappa shape index (κ3) is 4.97. The number of halogens is 1. The van der Waals surface area contributed by atoms with Crippen LogP contribution in [0.5, 0.6) is 0 Å². The molecule has 1 fully saturated rings. The Morgan fingerprint density at radius 2 is 2.43 bits per heavy atom. The highest BCUT2D eigenvalue weighted by molar-refractivity contribution is 6.19. The summed E-state index contributed by atoms with van der Waals surface area (Å²) in [6, 6.07) is -1.37. The van der Waals surface area contributed by atoms with E-state index in [4.69, 9.17) is 28.2 Å². The Morgan fingerprint density at radius 3 is 2.50 bits per heavy atom. The highest BCUT2D eigenvalue weighted by Crippen LogP contribution is 1.87. The first-order valence-electron chi connectivity index (χ1n) is 3.70. The van der Waals surface area contributed by atoms with Gasteiger partial charge in [0.1, 0.15) is 12.1 Å². The lowest BCUT2D eigenvalue weighted by Crippen LogP contribution is -2.31. The van der Waals surface area contributed by atoms with Gasteiger partial charge in [0.05, 0.1) is 6.61 Å². The van der Waals surface area contributed by atoms with Crippen LogP contribution >= 0.6 is 11.6 Å². The molecular formula is C6H12ClN3O4. The zero-order valence-corrected chi connectivity index (χ0v) is 8.03. The van der Waals surface area contributed by atoms with Crippen LogP contribution in [0.25, 0.3) is 0 Å². The molecule has 1 rings (SSSR count). The maximum atomic E-state index is 10.2. The van der Waals surface area contributed by atoms with E-state index in [2.05, 4.69) is 10.3 Å². The Kier molecular flexibility index (Phi) is 6.13. The zero-order valence-electron chi connectivity index (χ0n) is 7.27. The maximum absolute atomic E-state index is 10.2. The number of hydrogen-bond acceptors (Lipinski definition) is 5. The summed E-state index contributed by atoms with van der Waals surface area (Å²) >= 11 is 5.04. The number of hydroxylamine groups is 1. The Morgan fingerprint density at radius 1 is 1.86 bits per heavy atom. The summed E-state index contributed by atoms with van der Waals surface area (Å²) in [5, 5.41) is 7.97. The van der Waals surface area contributed by atoms with E-state index < -0.39 is 18.1 Å². The minimum absolute atomic E-state index is 0.0324. The number of carboxylic acid groups (broad SMARTS) is 1. The van der Waals surface area contributed by atoms with Crippen molar-refractivity contribution in [1.29, 1.82) is 0 Å². The van der Waals surface area contributed by atoms with Gasteiger partial charge in [-0.3, -0.25) is 14.4 Å². The number of carbonyl (C=O) groups is 2. The minimum atomic E-state index is -1.06. The molecule has 0 unspecified atom stereocenters. The van der Waals surface area contributed by atoms with E-state index in [1.54, 1.807) is 0 Å². The van der Waals surface area contributed by atoms with Gasteiger partial charge < -0.3 is 16.6 Å². The lowest BCUT2D eigenvalue weighted by atomic mass is 10.3. The van der Waals surface area contributed by atoms with Crippen molar-refractivity contribution in [2.24, 2.45) is 11.5 Å². The molecule has 82 valence electrons. The summed E-state index contributed by atoms with van der Waals surface area (Å²) in [5.41, 5.74) is 12.1. The predicted octanol–water partition coefficient (Wildman–Crippen LogP) is -1.99. The van der Waals surface area contributed by atoms with Gasteiger partial charge in [-0.05, 0) is 0 Å². The van der Waals surface area contributed by atoms with E-state index in [0.717, 1.165) is 0 Å². The topological polar surface area (TPSA) is 128 Å². The van der Waals surface area contributed by atoms with Crippen molar-refractivity contribution in [3.05, 3.63) is 0 Å². The summed E-state index contributed by atoms with van der Waals surface area (Å²) < 4.78 is 0. The summed E-state index contributed by atoms with van der Waals surface area (Å²) in [6.45, 7) is 0.291. The van der Waals surface area contributed by atoms with Crippen molar-refractivity contribution in [3.63, 3.8) is 0 Å². The molecule has 1 saturated heterocycles. The molecule has 0 aromatic carbocycles. The van der Waals surface area contributed by atoms with Gasteiger partial charge in [0, 0.05) is 5.88 Å². The van der Waals surface area contributed by atoms with Crippen LogP contribution in [0, 0.1) is 0 Å². The van der Waals surface area contributed by atoms with Crippen LogP contribution in [-0.4, -0.2) is 41.6 Å². The van der Waals surface area contributed by atoms with E-state index in [0.29, 0.717) is 6.61 Å². The van der Waals surface area contributed by atoms with Crippen molar-refractivity contribution < 1.29 is 19.5 Å². The quantitative estimate of drug-likeness (QED) is 0.403. The molecule has 1 heterocycles. The fourth-order valence-electron chi connectivity index (χ4n) is 0.420. The standard InChI is InChI=1S/C3H6ClNO2.C3H6N2O2/c4-1-2(5)3(6)7;4-2-1-7-5-3(2)6/h2H,1,5H2,(H,6,7);2H,1,4H2,(H,5,6)/t2*2-/m11/s1. The second-order valence-electron chi connectivity index (χ2n) is 2.48. The first-order chi connectivity index (χ1) is 6.49. The molecule has 14 heavy (non-hydrogen) atoms. The van der Waals surface area contributed by atoms with Crippen LogP contribution in [0.4, 0.5) is 0 Å². The molecule has 0 aliphatic carbocycles. The van der Waals surface area contributed by atoms with Gasteiger partial charge in [0.25, 0.3) is 5.91 Å². The van der Waals surface area contributed by atoms with Crippen molar-refractivity contribution >= 4 is 23.5 Å². The SMILES string of the molecule is N[C@@H]1CONC1=O.N[C@H](CCl)C(=O)O. The highest BCUT2D eigenvalue weighted by atomic mass is 35.5. The van der Waals surface area contributed by atoms with E-state index in [9.17, 15) is 9.59 Å². The van der Waals surface area contributed by atoms with E-state index in [1.807, 2.05) is 0 Å². The van der Waals surface area contributed by atoms with Crippen molar-refractivity contribution in [2.45, 2.75) is 12.1 Å². The second-order valence-corrected chi connectivity index (χ2v) is 2.79. The molecule has 1 aliphatic rings. The number of aliphatic carboxylic acids is 1. The molecule has 7 nitrogen and oxygen atoms in total. The van der Waals surface area contributed by atoms with E-state index in [-0.39, 0.29) is 11.8 Å². The number of nitrogens with one attached hydrogen (secondary N) is 1. The number of nitrogens with two attached hydrogens (primary N) is 2. The number of alkyl halides is 1. The van der Waals surface area contributed by atoms with Crippen LogP contribution in [0.15, 0.2) is 0 Å². The number of amides is 1. The summed E-state index contributed by atoms with van der Waals surface area (Å²) in [7, 11) is 0. The minimum Gasteiger partial charge on any atom is -0.480 e. The average molecular weight is 226 g/mol. The highest BCUT2D eigenvalue weighted by Gasteiger charge is 2.19. The Balaban J connectivity index is 0.000000241. The first kappa shape index (κ1) is 13.1. The molecule has 0 radical (unpaired) electrons. The third-order valence-electron chi connectivity index (χ3n) is 1.26. The van der Waals surface area contributed by atoms with E-state index >= 15 is 0 Å². The molecule has 0 saturated carbocycles. The van der Waals surface area contributed by atoms with Crippen LogP contribution < -0.4 is 16.9 Å². The van der Waals surface area contributed by atoms with Crippen molar-refractivity contribution in [1.82, 2.24) is 5.48 Å². The lowest BCUT2D eigenvalue weighted by molar-refractivity contribution is -0.138. The number of carboxylic acids is 1. The first-order valence-corrected chi connectivity index (χ1v) is 4.24. The molecule has 6 N–H and O–H groups in total. The fourth-order valence-corrected chi connectivity index (χ4v) is 0.552. The molecule has 1 aliphatic heterocycles. The average Bonchev–Trinajstić information content (AvgIpc) is 2.50. The van der Waals surface area contributed by atoms with Crippen molar-refractivity contribution in [3.8, 4) is 0 Å². The zero-order chi connectivity index (χ0) is 11.1. The van der Waals surface area contributed by atoms with Gasteiger partial charge in [0.15, 0.2) is 0 Å². The van der Waals surface area contributed by atoms with Gasteiger partial charge >= 0.3 is 5.97 Å². The van der Waals surface area contributed by atoms with Gasteiger partial charge in [-0.1, -0.05) is 0 Å². The lowest BCUT2D eigenvalue weighted by Gasteiger charge is -1.95. The largest absolute Gasteiger partial charge is 0.480 e. The molecule has 2 atom stereocenters. The van der Waals surface area contributed by atoms with Gasteiger partial charge in [-0.15, -0.1) is 11.6 Å². The smallest absolute Gasteiger partial charge is 0.321 e. The molecule has 0 spiro atoms. The normalized spacial score (nSPS) is 21.9. The van der Waals surface area contributed by atoms with Gasteiger partial charge in [-0.25, -0.2) is 5.48 Å².